The van der Waals surface area contributed by atoms with Gasteiger partial charge in [0.25, 0.3) is 5.91 Å². The van der Waals surface area contributed by atoms with Crippen LogP contribution in [0.3, 0.4) is 0 Å². The van der Waals surface area contributed by atoms with Gasteiger partial charge in [0.1, 0.15) is 0 Å². The van der Waals surface area contributed by atoms with Gasteiger partial charge in [0.15, 0.2) is 0 Å². The van der Waals surface area contributed by atoms with Crippen LogP contribution < -0.4 is 5.32 Å². The summed E-state index contributed by atoms with van der Waals surface area (Å²) in [4.78, 5) is 17.5. The van der Waals surface area contributed by atoms with E-state index in [0.717, 1.165) is 17.7 Å². The second kappa shape index (κ2) is 6.72. The van der Waals surface area contributed by atoms with Gasteiger partial charge in [-0.2, -0.15) is 0 Å². The third-order valence-corrected chi connectivity index (χ3v) is 3.94. The fourth-order valence-electron chi connectivity index (χ4n) is 2.27. The van der Waals surface area contributed by atoms with Gasteiger partial charge in [-0.05, 0) is 25.3 Å². The van der Waals surface area contributed by atoms with Crippen LogP contribution in [0, 0.1) is 0 Å². The van der Waals surface area contributed by atoms with Gasteiger partial charge in [-0.3, -0.25) is 4.79 Å². The van der Waals surface area contributed by atoms with E-state index in [1.54, 1.807) is 0 Å². The Bertz CT molecular complexity index is 516. The van der Waals surface area contributed by atoms with Gasteiger partial charge in [-0.15, -0.1) is 0 Å². The summed E-state index contributed by atoms with van der Waals surface area (Å²) in [5.74, 6) is -0.178. The number of oxime groups is 1. The molecular weight excluding hydrogens is 268 g/mol. The lowest BCUT2D eigenvalue weighted by molar-refractivity contribution is -0.133. The number of aliphatic hydroxyl groups excluding tert-OH is 1. The van der Waals surface area contributed by atoms with Crippen molar-refractivity contribution < 1.29 is 14.7 Å². The zero-order valence-electron chi connectivity index (χ0n) is 12.5. The van der Waals surface area contributed by atoms with Crippen molar-refractivity contribution in [2.45, 2.75) is 44.8 Å². The first kappa shape index (κ1) is 15.5. The van der Waals surface area contributed by atoms with E-state index in [2.05, 4.69) is 10.5 Å². The number of hydrogen-bond donors (Lipinski definition) is 2. The molecule has 5 heteroatoms. The quantitative estimate of drug-likeness (QED) is 0.840. The molecule has 1 heterocycles. The summed E-state index contributed by atoms with van der Waals surface area (Å²) < 4.78 is 0. The van der Waals surface area contributed by atoms with Crippen LogP contribution >= 0.6 is 0 Å². The standard InChI is InChI=1S/C16H22N2O3/c1-3-16(2,9-10-19)17-15(20)14-11-13(18-21-14)12-7-5-4-6-8-12/h4-8,14,19H,3,9-11H2,1-2H3,(H,17,20). The first-order valence-electron chi connectivity index (χ1n) is 7.29. The molecule has 1 aliphatic heterocycles. The highest BCUT2D eigenvalue weighted by Gasteiger charge is 2.33. The van der Waals surface area contributed by atoms with E-state index in [4.69, 9.17) is 9.94 Å². The van der Waals surface area contributed by atoms with E-state index < -0.39 is 11.6 Å². The summed E-state index contributed by atoms with van der Waals surface area (Å²) in [6.07, 6.45) is 1.14. The van der Waals surface area contributed by atoms with Crippen molar-refractivity contribution in [3.63, 3.8) is 0 Å². The lowest BCUT2D eigenvalue weighted by Crippen LogP contribution is -2.50. The van der Waals surface area contributed by atoms with Gasteiger partial charge in [-0.1, -0.05) is 42.4 Å². The monoisotopic (exact) mass is 290 g/mol. The van der Waals surface area contributed by atoms with E-state index >= 15 is 0 Å². The lowest BCUT2D eigenvalue weighted by atomic mass is 9.94. The lowest BCUT2D eigenvalue weighted by Gasteiger charge is -2.29. The Labute approximate surface area is 125 Å². The minimum Gasteiger partial charge on any atom is -0.396 e. The summed E-state index contributed by atoms with van der Waals surface area (Å²) >= 11 is 0. The summed E-state index contributed by atoms with van der Waals surface area (Å²) in [6.45, 7) is 3.95. The van der Waals surface area contributed by atoms with Crippen LogP contribution in [0.4, 0.5) is 0 Å². The van der Waals surface area contributed by atoms with Crippen molar-refractivity contribution in [2.75, 3.05) is 6.61 Å². The Hall–Kier alpha value is -1.88. The summed E-state index contributed by atoms with van der Waals surface area (Å²) in [6, 6.07) is 9.70. The van der Waals surface area contributed by atoms with Crippen LogP contribution in [-0.4, -0.2) is 35.0 Å². The van der Waals surface area contributed by atoms with Crippen molar-refractivity contribution in [2.24, 2.45) is 5.16 Å². The zero-order chi connectivity index (χ0) is 15.3. The molecule has 0 aromatic heterocycles. The molecule has 0 spiro atoms. The topological polar surface area (TPSA) is 70.9 Å². The minimum absolute atomic E-state index is 0.0436. The van der Waals surface area contributed by atoms with Crippen molar-refractivity contribution in [3.8, 4) is 0 Å². The van der Waals surface area contributed by atoms with E-state index in [0.29, 0.717) is 12.8 Å². The maximum Gasteiger partial charge on any atom is 0.264 e. The molecule has 114 valence electrons. The molecule has 2 atom stereocenters. The van der Waals surface area contributed by atoms with E-state index in [9.17, 15) is 4.79 Å². The van der Waals surface area contributed by atoms with Gasteiger partial charge in [0.2, 0.25) is 6.10 Å². The molecule has 2 unspecified atom stereocenters. The molecule has 1 aromatic rings. The molecule has 0 fully saturated rings. The maximum absolute atomic E-state index is 12.3. The minimum atomic E-state index is -0.593. The molecule has 5 nitrogen and oxygen atoms in total. The predicted octanol–water partition coefficient (Wildman–Crippen LogP) is 1.85. The number of aliphatic hydroxyl groups is 1. The summed E-state index contributed by atoms with van der Waals surface area (Å²) in [5, 5.41) is 16.1. The van der Waals surface area contributed by atoms with Gasteiger partial charge >= 0.3 is 0 Å². The number of amides is 1. The Balaban J connectivity index is 1.95. The fourth-order valence-corrected chi connectivity index (χ4v) is 2.27. The van der Waals surface area contributed by atoms with Crippen LogP contribution in [0.15, 0.2) is 35.5 Å². The Morgan fingerprint density at radius 1 is 1.48 bits per heavy atom. The van der Waals surface area contributed by atoms with Gasteiger partial charge in [-0.25, -0.2) is 0 Å². The Kier molecular flexibility index (Phi) is 4.96. The molecule has 2 N–H and O–H groups in total. The average Bonchev–Trinajstić information content (AvgIpc) is 2.98. The molecular formula is C16H22N2O3. The SMILES string of the molecule is CCC(C)(CCO)NC(=O)C1CC(c2ccccc2)=NO1. The average molecular weight is 290 g/mol. The second-order valence-electron chi connectivity index (χ2n) is 5.58. The number of nitrogens with zero attached hydrogens (tertiary/aromatic N) is 1. The molecule has 0 bridgehead atoms. The molecule has 2 rings (SSSR count). The molecule has 0 saturated heterocycles. The third-order valence-electron chi connectivity index (χ3n) is 3.94. The van der Waals surface area contributed by atoms with Crippen LogP contribution in [0.2, 0.25) is 0 Å². The highest BCUT2D eigenvalue weighted by Crippen LogP contribution is 2.19. The van der Waals surface area contributed by atoms with Crippen molar-refractivity contribution >= 4 is 11.6 Å². The predicted molar refractivity (Wildman–Crippen MR) is 81.0 cm³/mol. The molecule has 1 aromatic carbocycles. The first-order chi connectivity index (χ1) is 10.1. The van der Waals surface area contributed by atoms with Crippen molar-refractivity contribution in [3.05, 3.63) is 35.9 Å². The van der Waals surface area contributed by atoms with Gasteiger partial charge < -0.3 is 15.3 Å². The smallest absolute Gasteiger partial charge is 0.264 e. The number of carbonyl (C=O) groups is 1. The van der Waals surface area contributed by atoms with Gasteiger partial charge in [0.05, 0.1) is 5.71 Å². The highest BCUT2D eigenvalue weighted by atomic mass is 16.6. The van der Waals surface area contributed by atoms with E-state index in [1.807, 2.05) is 44.2 Å². The zero-order valence-corrected chi connectivity index (χ0v) is 12.5. The fraction of sp³-hybridized carbons (Fsp3) is 0.500. The Morgan fingerprint density at radius 3 is 2.81 bits per heavy atom. The highest BCUT2D eigenvalue weighted by molar-refractivity contribution is 6.04. The van der Waals surface area contributed by atoms with Crippen LogP contribution in [0.5, 0.6) is 0 Å². The number of benzene rings is 1. The third kappa shape index (κ3) is 3.82. The number of rotatable bonds is 6. The number of nitrogens with one attached hydrogen (secondary N) is 1. The summed E-state index contributed by atoms with van der Waals surface area (Å²) in [5.41, 5.74) is 1.35. The largest absolute Gasteiger partial charge is 0.396 e. The molecule has 21 heavy (non-hydrogen) atoms. The van der Waals surface area contributed by atoms with Gasteiger partial charge in [0, 0.05) is 18.6 Å². The maximum atomic E-state index is 12.3. The molecule has 0 radical (unpaired) electrons. The van der Waals surface area contributed by atoms with E-state index in [1.165, 1.54) is 0 Å². The number of hydrogen-bond acceptors (Lipinski definition) is 4. The molecule has 0 aliphatic carbocycles. The number of carbonyl (C=O) groups excluding carboxylic acids is 1. The Morgan fingerprint density at radius 2 is 2.19 bits per heavy atom. The van der Waals surface area contributed by atoms with Crippen LogP contribution in [0.25, 0.3) is 0 Å². The van der Waals surface area contributed by atoms with Crippen molar-refractivity contribution in [1.29, 1.82) is 0 Å². The van der Waals surface area contributed by atoms with E-state index in [-0.39, 0.29) is 12.5 Å². The summed E-state index contributed by atoms with van der Waals surface area (Å²) in [7, 11) is 0. The normalized spacial score (nSPS) is 20.3. The molecule has 1 amide bonds. The molecule has 0 saturated carbocycles. The van der Waals surface area contributed by atoms with Crippen molar-refractivity contribution in [1.82, 2.24) is 5.32 Å². The van der Waals surface area contributed by atoms with Crippen LogP contribution in [0.1, 0.15) is 38.7 Å². The van der Waals surface area contributed by atoms with Crippen LogP contribution in [-0.2, 0) is 9.63 Å². The second-order valence-corrected chi connectivity index (χ2v) is 5.58. The molecule has 1 aliphatic rings. The first-order valence-corrected chi connectivity index (χ1v) is 7.29.